The third kappa shape index (κ3) is 4.77. The molecule has 0 aliphatic carbocycles. The summed E-state index contributed by atoms with van der Waals surface area (Å²) in [4.78, 5) is 11.2. The Bertz CT molecular complexity index is 815. The van der Waals surface area contributed by atoms with Gasteiger partial charge in [-0.2, -0.15) is 4.98 Å². The summed E-state index contributed by atoms with van der Waals surface area (Å²) in [6, 6.07) is 13.8. The molecule has 2 N–H and O–H groups in total. The van der Waals surface area contributed by atoms with Gasteiger partial charge in [0.25, 0.3) is 0 Å². The Hall–Kier alpha value is -2.93. The number of nitrogens with zero attached hydrogens (tertiary/aromatic N) is 4. The topological polar surface area (TPSA) is 79.1 Å². The van der Waals surface area contributed by atoms with Crippen molar-refractivity contribution in [1.82, 2.24) is 20.0 Å². The van der Waals surface area contributed by atoms with Gasteiger partial charge in [-0.1, -0.05) is 35.5 Å². The van der Waals surface area contributed by atoms with Crippen LogP contribution in [0.4, 0.5) is 17.6 Å². The van der Waals surface area contributed by atoms with Crippen LogP contribution in [-0.2, 0) is 0 Å². The number of rotatable bonds is 7. The summed E-state index contributed by atoms with van der Waals surface area (Å²) in [5.41, 5.74) is 1.87. The van der Waals surface area contributed by atoms with Gasteiger partial charge in [0.05, 0.1) is 5.69 Å². The Labute approximate surface area is 147 Å². The van der Waals surface area contributed by atoms with E-state index in [2.05, 4.69) is 30.7 Å². The number of aryl methyl sites for hydroxylation is 1. The first-order valence-electron chi connectivity index (χ1n) is 8.13. The Morgan fingerprint density at radius 3 is 2.52 bits per heavy atom. The molecule has 0 aliphatic rings. The van der Waals surface area contributed by atoms with E-state index in [-0.39, 0.29) is 0 Å². The molecule has 0 saturated heterocycles. The van der Waals surface area contributed by atoms with Crippen molar-refractivity contribution in [1.29, 1.82) is 0 Å². The maximum atomic E-state index is 5.08. The first-order chi connectivity index (χ1) is 12.1. The fraction of sp³-hybridized carbons (Fsp3) is 0.278. The maximum absolute atomic E-state index is 5.08. The highest BCUT2D eigenvalue weighted by Crippen LogP contribution is 2.22. The van der Waals surface area contributed by atoms with Crippen molar-refractivity contribution in [3.05, 3.63) is 48.2 Å². The molecule has 3 rings (SSSR count). The molecule has 0 bridgehead atoms. The van der Waals surface area contributed by atoms with Crippen molar-refractivity contribution in [2.24, 2.45) is 0 Å². The molecule has 130 valence electrons. The van der Waals surface area contributed by atoms with Crippen LogP contribution < -0.4 is 10.6 Å². The summed E-state index contributed by atoms with van der Waals surface area (Å²) in [6.45, 7) is 3.55. The molecule has 0 radical (unpaired) electrons. The van der Waals surface area contributed by atoms with E-state index in [0.717, 1.165) is 35.9 Å². The number of hydrogen-bond donors (Lipinski definition) is 2. The molecule has 0 unspecified atom stereocenters. The van der Waals surface area contributed by atoms with Crippen molar-refractivity contribution in [2.75, 3.05) is 37.8 Å². The maximum Gasteiger partial charge on any atom is 0.231 e. The van der Waals surface area contributed by atoms with Crippen LogP contribution in [0.15, 0.2) is 47.0 Å². The standard InChI is InChI=1S/C18H22N6O/c1-13-11-17(23-25-13)22-18-20-15(14-7-5-4-6-8-14)12-16(21-18)19-9-10-24(2)3/h4-8,11-12H,9-10H2,1-3H3,(H2,19,20,21,22,23). The lowest BCUT2D eigenvalue weighted by atomic mass is 10.1. The number of hydrogen-bond acceptors (Lipinski definition) is 7. The predicted octanol–water partition coefficient (Wildman–Crippen LogP) is 3.16. The highest BCUT2D eigenvalue weighted by molar-refractivity contribution is 5.65. The molecule has 2 heterocycles. The smallest absolute Gasteiger partial charge is 0.231 e. The summed E-state index contributed by atoms with van der Waals surface area (Å²) < 4.78 is 5.08. The molecular formula is C18H22N6O. The van der Waals surface area contributed by atoms with Gasteiger partial charge in [-0.05, 0) is 21.0 Å². The zero-order valence-corrected chi connectivity index (χ0v) is 14.7. The van der Waals surface area contributed by atoms with Crippen LogP contribution in [0.1, 0.15) is 5.76 Å². The van der Waals surface area contributed by atoms with E-state index in [1.165, 1.54) is 0 Å². The Morgan fingerprint density at radius 1 is 1.04 bits per heavy atom. The van der Waals surface area contributed by atoms with E-state index in [1.54, 1.807) is 6.07 Å². The van der Waals surface area contributed by atoms with Gasteiger partial charge in [0, 0.05) is 30.8 Å². The van der Waals surface area contributed by atoms with E-state index >= 15 is 0 Å². The van der Waals surface area contributed by atoms with Gasteiger partial charge in [-0.25, -0.2) is 4.98 Å². The second-order valence-corrected chi connectivity index (χ2v) is 6.01. The molecule has 25 heavy (non-hydrogen) atoms. The SMILES string of the molecule is Cc1cc(Nc2nc(NCCN(C)C)cc(-c3ccccc3)n2)no1. The quantitative estimate of drug-likeness (QED) is 0.685. The second kappa shape index (κ2) is 7.76. The number of likely N-dealkylation sites (N-methyl/N-ethyl adjacent to an activating group) is 1. The largest absolute Gasteiger partial charge is 0.369 e. The monoisotopic (exact) mass is 338 g/mol. The molecule has 0 atom stereocenters. The predicted molar refractivity (Wildman–Crippen MR) is 99.0 cm³/mol. The summed E-state index contributed by atoms with van der Waals surface area (Å²) in [5.74, 6) is 2.55. The summed E-state index contributed by atoms with van der Waals surface area (Å²) in [5, 5.41) is 10.4. The molecule has 3 aromatic rings. The van der Waals surface area contributed by atoms with Crippen LogP contribution >= 0.6 is 0 Å². The van der Waals surface area contributed by atoms with Gasteiger partial charge in [0.15, 0.2) is 5.82 Å². The van der Waals surface area contributed by atoms with Crippen molar-refractivity contribution in [2.45, 2.75) is 6.92 Å². The zero-order valence-electron chi connectivity index (χ0n) is 14.7. The molecule has 1 aromatic carbocycles. The molecular weight excluding hydrogens is 316 g/mol. The van der Waals surface area contributed by atoms with Gasteiger partial charge < -0.3 is 20.1 Å². The zero-order chi connectivity index (χ0) is 17.6. The van der Waals surface area contributed by atoms with Crippen LogP contribution in [0.2, 0.25) is 0 Å². The minimum Gasteiger partial charge on any atom is -0.369 e. The lowest BCUT2D eigenvalue weighted by Crippen LogP contribution is -2.21. The molecule has 0 aliphatic heterocycles. The van der Waals surface area contributed by atoms with Gasteiger partial charge in [-0.15, -0.1) is 0 Å². The van der Waals surface area contributed by atoms with Gasteiger partial charge in [0.2, 0.25) is 5.95 Å². The van der Waals surface area contributed by atoms with E-state index in [1.807, 2.05) is 57.4 Å². The Balaban J connectivity index is 1.87. The van der Waals surface area contributed by atoms with Crippen LogP contribution in [0, 0.1) is 6.92 Å². The van der Waals surface area contributed by atoms with Gasteiger partial charge in [0.1, 0.15) is 11.6 Å². The van der Waals surface area contributed by atoms with Crippen molar-refractivity contribution < 1.29 is 4.52 Å². The van der Waals surface area contributed by atoms with Gasteiger partial charge >= 0.3 is 0 Å². The Morgan fingerprint density at radius 2 is 1.84 bits per heavy atom. The molecule has 0 saturated carbocycles. The molecule has 7 heteroatoms. The molecule has 2 aromatic heterocycles. The van der Waals surface area contributed by atoms with Crippen LogP contribution in [0.5, 0.6) is 0 Å². The lowest BCUT2D eigenvalue weighted by Gasteiger charge is -2.13. The van der Waals surface area contributed by atoms with Crippen LogP contribution in [-0.4, -0.2) is 47.2 Å². The van der Waals surface area contributed by atoms with E-state index < -0.39 is 0 Å². The van der Waals surface area contributed by atoms with Crippen LogP contribution in [0.3, 0.4) is 0 Å². The van der Waals surface area contributed by atoms with Crippen molar-refractivity contribution in [3.8, 4) is 11.3 Å². The number of anilines is 3. The fourth-order valence-electron chi connectivity index (χ4n) is 2.30. The average molecular weight is 338 g/mol. The van der Waals surface area contributed by atoms with Crippen molar-refractivity contribution >= 4 is 17.6 Å². The third-order valence-corrected chi connectivity index (χ3v) is 3.53. The third-order valence-electron chi connectivity index (χ3n) is 3.53. The molecule has 0 amide bonds. The minimum absolute atomic E-state index is 0.474. The minimum atomic E-state index is 0.474. The summed E-state index contributed by atoms with van der Waals surface area (Å²) in [7, 11) is 4.08. The first-order valence-corrected chi connectivity index (χ1v) is 8.13. The van der Waals surface area contributed by atoms with E-state index in [4.69, 9.17) is 4.52 Å². The number of nitrogens with one attached hydrogen (secondary N) is 2. The normalized spacial score (nSPS) is 10.9. The van der Waals surface area contributed by atoms with Gasteiger partial charge in [-0.3, -0.25) is 0 Å². The van der Waals surface area contributed by atoms with E-state index in [0.29, 0.717) is 11.8 Å². The Kier molecular flexibility index (Phi) is 5.25. The fourth-order valence-corrected chi connectivity index (χ4v) is 2.30. The lowest BCUT2D eigenvalue weighted by molar-refractivity contribution is 0.400. The van der Waals surface area contributed by atoms with Crippen molar-refractivity contribution in [3.63, 3.8) is 0 Å². The highest BCUT2D eigenvalue weighted by atomic mass is 16.5. The first kappa shape index (κ1) is 16.9. The second-order valence-electron chi connectivity index (χ2n) is 6.01. The van der Waals surface area contributed by atoms with E-state index in [9.17, 15) is 0 Å². The molecule has 0 fully saturated rings. The summed E-state index contributed by atoms with van der Waals surface area (Å²) >= 11 is 0. The number of aromatic nitrogens is 3. The number of benzene rings is 1. The average Bonchev–Trinajstić information content (AvgIpc) is 3.00. The summed E-state index contributed by atoms with van der Waals surface area (Å²) in [6.07, 6.45) is 0. The molecule has 7 nitrogen and oxygen atoms in total. The molecule has 0 spiro atoms. The highest BCUT2D eigenvalue weighted by Gasteiger charge is 2.09. The van der Waals surface area contributed by atoms with Crippen LogP contribution in [0.25, 0.3) is 11.3 Å².